The monoisotopic (exact) mass is 422 g/mol. The highest BCUT2D eigenvalue weighted by Crippen LogP contribution is 2.16. The number of hydrogen-bond donors (Lipinski definition) is 2. The zero-order valence-corrected chi connectivity index (χ0v) is 16.9. The molecule has 2 N–H and O–H groups in total. The van der Waals surface area contributed by atoms with Gasteiger partial charge in [-0.05, 0) is 48.6 Å². The number of likely N-dealkylation sites (tertiary alicyclic amines) is 1. The van der Waals surface area contributed by atoms with Gasteiger partial charge >= 0.3 is 0 Å². The van der Waals surface area contributed by atoms with Crippen LogP contribution >= 0.6 is 0 Å². The highest BCUT2D eigenvalue weighted by atomic mass is 19.2. The molecule has 0 bridgehead atoms. The summed E-state index contributed by atoms with van der Waals surface area (Å²) < 4.78 is 53.1. The number of rotatable bonds is 6. The standard InChI is InChI=1S/C22H26F4N4/c1-27-22(28-9-6-16-3-4-17(23)13-20(16)25)29-18-7-10-30(11-8-18)14-15-2-5-19(24)21(26)12-15/h2-5,12-13,18H,6-11,14H2,1H3,(H2,27,28,29). The minimum atomic E-state index is -0.831. The van der Waals surface area contributed by atoms with E-state index in [2.05, 4.69) is 20.5 Å². The number of aliphatic imine (C=N–C) groups is 1. The second kappa shape index (κ2) is 10.4. The average Bonchev–Trinajstić information content (AvgIpc) is 2.73. The Kier molecular flexibility index (Phi) is 7.68. The average molecular weight is 422 g/mol. The Balaban J connectivity index is 1.41. The van der Waals surface area contributed by atoms with Crippen LogP contribution in [0.25, 0.3) is 0 Å². The van der Waals surface area contributed by atoms with Gasteiger partial charge in [-0.25, -0.2) is 17.6 Å². The molecule has 1 heterocycles. The molecule has 8 heteroatoms. The number of hydrogen-bond acceptors (Lipinski definition) is 2. The van der Waals surface area contributed by atoms with Gasteiger partial charge in [-0.1, -0.05) is 12.1 Å². The zero-order valence-electron chi connectivity index (χ0n) is 16.9. The van der Waals surface area contributed by atoms with Crippen LogP contribution in [0.3, 0.4) is 0 Å². The summed E-state index contributed by atoms with van der Waals surface area (Å²) in [6, 6.07) is 7.83. The Morgan fingerprint density at radius 1 is 1.00 bits per heavy atom. The number of guanidine groups is 1. The maximum absolute atomic E-state index is 13.7. The van der Waals surface area contributed by atoms with Crippen LogP contribution in [0.1, 0.15) is 24.0 Å². The van der Waals surface area contributed by atoms with E-state index in [-0.39, 0.29) is 6.04 Å². The minimum absolute atomic E-state index is 0.236. The second-order valence-electron chi connectivity index (χ2n) is 7.43. The Labute approximate surface area is 174 Å². The van der Waals surface area contributed by atoms with Crippen molar-refractivity contribution in [1.82, 2.24) is 15.5 Å². The van der Waals surface area contributed by atoms with E-state index in [0.29, 0.717) is 31.0 Å². The van der Waals surface area contributed by atoms with Crippen molar-refractivity contribution in [2.24, 2.45) is 4.99 Å². The van der Waals surface area contributed by atoms with Gasteiger partial charge < -0.3 is 10.6 Å². The van der Waals surface area contributed by atoms with Gasteiger partial charge in [0.1, 0.15) is 11.6 Å². The van der Waals surface area contributed by atoms with Crippen molar-refractivity contribution < 1.29 is 17.6 Å². The summed E-state index contributed by atoms with van der Waals surface area (Å²) in [6.07, 6.45) is 2.19. The molecule has 2 aromatic carbocycles. The third-order valence-corrected chi connectivity index (χ3v) is 5.24. The molecule has 4 nitrogen and oxygen atoms in total. The molecule has 162 valence electrons. The Morgan fingerprint density at radius 2 is 1.77 bits per heavy atom. The molecule has 30 heavy (non-hydrogen) atoms. The number of nitrogens with one attached hydrogen (secondary N) is 2. The predicted octanol–water partition coefficient (Wildman–Crippen LogP) is 3.62. The lowest BCUT2D eigenvalue weighted by Crippen LogP contribution is -2.48. The van der Waals surface area contributed by atoms with E-state index in [9.17, 15) is 17.6 Å². The Morgan fingerprint density at radius 3 is 2.43 bits per heavy atom. The van der Waals surface area contributed by atoms with Crippen molar-refractivity contribution in [3.8, 4) is 0 Å². The zero-order chi connectivity index (χ0) is 21.5. The lowest BCUT2D eigenvalue weighted by molar-refractivity contribution is 0.198. The van der Waals surface area contributed by atoms with Gasteiger partial charge in [-0.3, -0.25) is 9.89 Å². The smallest absolute Gasteiger partial charge is 0.191 e. The summed E-state index contributed by atoms with van der Waals surface area (Å²) in [6.45, 7) is 2.71. The molecule has 0 saturated carbocycles. The van der Waals surface area contributed by atoms with Crippen molar-refractivity contribution in [2.45, 2.75) is 31.8 Å². The van der Waals surface area contributed by atoms with Crippen molar-refractivity contribution >= 4 is 5.96 Å². The molecular formula is C22H26F4N4. The summed E-state index contributed by atoms with van der Waals surface area (Å²) in [7, 11) is 1.67. The third-order valence-electron chi connectivity index (χ3n) is 5.24. The maximum atomic E-state index is 13.7. The van der Waals surface area contributed by atoms with Crippen LogP contribution in [0, 0.1) is 23.3 Å². The molecule has 0 amide bonds. The first kappa shape index (κ1) is 22.1. The molecule has 1 fully saturated rings. The lowest BCUT2D eigenvalue weighted by atomic mass is 10.0. The largest absolute Gasteiger partial charge is 0.356 e. The minimum Gasteiger partial charge on any atom is -0.356 e. The first-order valence-electron chi connectivity index (χ1n) is 10.0. The van der Waals surface area contributed by atoms with Crippen molar-refractivity contribution in [2.75, 3.05) is 26.7 Å². The topological polar surface area (TPSA) is 39.7 Å². The Bertz CT molecular complexity index is 879. The van der Waals surface area contributed by atoms with E-state index in [4.69, 9.17) is 0 Å². The maximum Gasteiger partial charge on any atom is 0.191 e. The van der Waals surface area contributed by atoms with E-state index in [1.54, 1.807) is 13.1 Å². The highest BCUT2D eigenvalue weighted by molar-refractivity contribution is 5.79. The van der Waals surface area contributed by atoms with Gasteiger partial charge in [0, 0.05) is 45.3 Å². The van der Waals surface area contributed by atoms with Gasteiger partial charge in [0.25, 0.3) is 0 Å². The lowest BCUT2D eigenvalue weighted by Gasteiger charge is -2.33. The van der Waals surface area contributed by atoms with Gasteiger partial charge in [0.05, 0.1) is 0 Å². The fourth-order valence-corrected chi connectivity index (χ4v) is 3.56. The van der Waals surface area contributed by atoms with Crippen molar-refractivity contribution in [3.63, 3.8) is 0 Å². The molecule has 0 aliphatic carbocycles. The van der Waals surface area contributed by atoms with Gasteiger partial charge in [0.15, 0.2) is 17.6 Å². The molecule has 0 aromatic heterocycles. The summed E-state index contributed by atoms with van der Waals surface area (Å²) in [5.41, 5.74) is 1.20. The van der Waals surface area contributed by atoms with Crippen molar-refractivity contribution in [1.29, 1.82) is 0 Å². The van der Waals surface area contributed by atoms with Crippen LogP contribution in [0.4, 0.5) is 17.6 Å². The van der Waals surface area contributed by atoms with E-state index in [1.165, 1.54) is 18.2 Å². The molecule has 0 unspecified atom stereocenters. The normalized spacial score (nSPS) is 16.0. The molecule has 3 rings (SSSR count). The van der Waals surface area contributed by atoms with Crippen LogP contribution < -0.4 is 10.6 Å². The molecule has 1 aliphatic rings. The second-order valence-corrected chi connectivity index (χ2v) is 7.43. The number of piperidine rings is 1. The Hall–Kier alpha value is -2.61. The third kappa shape index (κ3) is 6.19. The SMILES string of the molecule is CN=C(NCCc1ccc(F)cc1F)NC1CCN(Cc2ccc(F)c(F)c2)CC1. The fraction of sp³-hybridized carbons (Fsp3) is 0.409. The number of benzene rings is 2. The van der Waals surface area contributed by atoms with Crippen LogP contribution in [0.2, 0.25) is 0 Å². The summed E-state index contributed by atoms with van der Waals surface area (Å²) >= 11 is 0. The van der Waals surface area contributed by atoms with E-state index in [0.717, 1.165) is 43.6 Å². The quantitative estimate of drug-likeness (QED) is 0.425. The summed E-state index contributed by atoms with van der Waals surface area (Å²) in [5, 5.41) is 6.52. The molecule has 1 saturated heterocycles. The van der Waals surface area contributed by atoms with Gasteiger partial charge in [-0.2, -0.15) is 0 Å². The molecule has 0 atom stereocenters. The molecule has 0 radical (unpaired) electrons. The molecular weight excluding hydrogens is 396 g/mol. The molecule has 1 aliphatic heterocycles. The number of nitrogens with zero attached hydrogens (tertiary/aromatic N) is 2. The highest BCUT2D eigenvalue weighted by Gasteiger charge is 2.20. The van der Waals surface area contributed by atoms with Crippen molar-refractivity contribution in [3.05, 3.63) is 70.8 Å². The summed E-state index contributed by atoms with van der Waals surface area (Å²) in [5.74, 6) is -2.15. The first-order valence-corrected chi connectivity index (χ1v) is 10.0. The van der Waals surface area contributed by atoms with Crippen LogP contribution in [-0.4, -0.2) is 43.6 Å². The van der Waals surface area contributed by atoms with E-state index < -0.39 is 23.3 Å². The number of halogens is 4. The van der Waals surface area contributed by atoms with Crippen LogP contribution in [0.5, 0.6) is 0 Å². The van der Waals surface area contributed by atoms with E-state index in [1.807, 2.05) is 0 Å². The van der Waals surface area contributed by atoms with Crippen LogP contribution in [-0.2, 0) is 13.0 Å². The van der Waals surface area contributed by atoms with E-state index >= 15 is 0 Å². The van der Waals surface area contributed by atoms with Gasteiger partial charge in [0.2, 0.25) is 0 Å². The summed E-state index contributed by atoms with van der Waals surface area (Å²) in [4.78, 5) is 6.41. The predicted molar refractivity (Wildman–Crippen MR) is 109 cm³/mol. The fourth-order valence-electron chi connectivity index (χ4n) is 3.56. The molecule has 0 spiro atoms. The van der Waals surface area contributed by atoms with Crippen LogP contribution in [0.15, 0.2) is 41.4 Å². The first-order chi connectivity index (χ1) is 14.4. The van der Waals surface area contributed by atoms with Gasteiger partial charge in [-0.15, -0.1) is 0 Å². The molecule has 2 aromatic rings.